The Morgan fingerprint density at radius 2 is 1.82 bits per heavy atom. The summed E-state index contributed by atoms with van der Waals surface area (Å²) < 4.78 is 69.7. The van der Waals surface area contributed by atoms with E-state index in [0.29, 0.717) is 16.5 Å². The normalized spacial score (nSPS) is 12.8. The van der Waals surface area contributed by atoms with Crippen molar-refractivity contribution in [3.05, 3.63) is 39.6 Å². The molecule has 0 aliphatic heterocycles. The molecule has 0 N–H and O–H groups in total. The van der Waals surface area contributed by atoms with Crippen LogP contribution in [0.15, 0.2) is 22.0 Å². The number of aryl methyl sites for hydroxylation is 4. The second-order valence-corrected chi connectivity index (χ2v) is 8.18. The zero-order valence-electron chi connectivity index (χ0n) is 15.6. The highest BCUT2D eigenvalue weighted by Crippen LogP contribution is 2.36. The summed E-state index contributed by atoms with van der Waals surface area (Å²) in [5.74, 6) is 0. The van der Waals surface area contributed by atoms with Crippen molar-refractivity contribution in [3.63, 3.8) is 0 Å². The summed E-state index contributed by atoms with van der Waals surface area (Å²) >= 11 is 0. The molecule has 152 valence electrons. The van der Waals surface area contributed by atoms with Crippen LogP contribution in [0.25, 0.3) is 11.0 Å². The third-order valence-corrected chi connectivity index (χ3v) is 6.14. The molecule has 0 amide bonds. The van der Waals surface area contributed by atoms with Gasteiger partial charge in [0.25, 0.3) is 15.6 Å². The number of alkyl halides is 3. The summed E-state index contributed by atoms with van der Waals surface area (Å²) in [6.45, 7) is 4.92. The van der Waals surface area contributed by atoms with Crippen molar-refractivity contribution in [1.82, 2.24) is 23.5 Å². The van der Waals surface area contributed by atoms with E-state index in [1.807, 2.05) is 0 Å². The Bertz CT molecular complexity index is 1240. The summed E-state index contributed by atoms with van der Waals surface area (Å²) in [4.78, 5) is 12.2. The number of fused-ring (bicyclic) bond motifs is 1. The van der Waals surface area contributed by atoms with Crippen LogP contribution in [-0.4, -0.2) is 32.0 Å². The molecule has 3 heterocycles. The Hall–Kier alpha value is -2.63. The molecule has 12 heteroatoms. The number of hydrogen-bond donors (Lipinski definition) is 0. The van der Waals surface area contributed by atoms with E-state index in [0.717, 1.165) is 0 Å². The minimum absolute atomic E-state index is 0.118. The van der Waals surface area contributed by atoms with Gasteiger partial charge in [0.1, 0.15) is 4.90 Å². The summed E-state index contributed by atoms with van der Waals surface area (Å²) in [6.07, 6.45) is -3.08. The quantitative estimate of drug-likeness (QED) is 0.649. The SMILES string of the molecule is CCCn1nc2c(c(C(F)(F)F)cc(=O)n2S(=O)(=O)c2cn(C)nc2C)c1C. The Kier molecular flexibility index (Phi) is 4.64. The molecule has 0 aromatic carbocycles. The van der Waals surface area contributed by atoms with Gasteiger partial charge in [0, 0.05) is 31.5 Å². The van der Waals surface area contributed by atoms with E-state index >= 15 is 0 Å². The van der Waals surface area contributed by atoms with Crippen molar-refractivity contribution < 1.29 is 21.6 Å². The summed E-state index contributed by atoms with van der Waals surface area (Å²) in [5.41, 5.74) is -2.83. The third-order valence-electron chi connectivity index (χ3n) is 4.35. The van der Waals surface area contributed by atoms with E-state index in [4.69, 9.17) is 0 Å². The molecule has 0 unspecified atom stereocenters. The van der Waals surface area contributed by atoms with Gasteiger partial charge in [-0.05, 0) is 20.3 Å². The van der Waals surface area contributed by atoms with Crippen molar-refractivity contribution in [3.8, 4) is 0 Å². The molecule has 3 rings (SSSR count). The van der Waals surface area contributed by atoms with Crippen LogP contribution in [0.4, 0.5) is 13.2 Å². The van der Waals surface area contributed by atoms with Crippen molar-refractivity contribution >= 4 is 21.1 Å². The van der Waals surface area contributed by atoms with Gasteiger partial charge in [-0.25, -0.2) is 8.42 Å². The number of hydrogen-bond acceptors (Lipinski definition) is 5. The molecule has 0 saturated heterocycles. The molecule has 0 saturated carbocycles. The van der Waals surface area contributed by atoms with E-state index in [9.17, 15) is 26.4 Å². The Morgan fingerprint density at radius 1 is 1.18 bits per heavy atom. The highest BCUT2D eigenvalue weighted by atomic mass is 32.2. The van der Waals surface area contributed by atoms with Crippen LogP contribution in [0.2, 0.25) is 0 Å². The molecule has 3 aromatic rings. The molecular formula is C16H18F3N5O3S. The topological polar surface area (TPSA) is 91.8 Å². The summed E-state index contributed by atoms with van der Waals surface area (Å²) in [7, 11) is -3.01. The van der Waals surface area contributed by atoms with Gasteiger partial charge in [-0.1, -0.05) is 6.92 Å². The first-order valence-corrected chi connectivity index (χ1v) is 9.79. The van der Waals surface area contributed by atoms with E-state index in [-0.39, 0.29) is 22.8 Å². The smallest absolute Gasteiger partial charge is 0.274 e. The number of rotatable bonds is 4. The van der Waals surface area contributed by atoms with Crippen LogP contribution in [0.3, 0.4) is 0 Å². The van der Waals surface area contributed by atoms with Gasteiger partial charge in [0.2, 0.25) is 0 Å². The number of aromatic nitrogens is 5. The van der Waals surface area contributed by atoms with Gasteiger partial charge < -0.3 is 0 Å². The highest BCUT2D eigenvalue weighted by Gasteiger charge is 2.38. The Labute approximate surface area is 158 Å². The standard InChI is InChI=1S/C16H18F3N5O3S/c1-5-6-23-10(3)14-11(16(17,18)19)7-13(25)24(15(14)21-23)28(26,27)12-8-22(4)20-9(12)2/h7-8H,5-6H2,1-4H3. The molecular weight excluding hydrogens is 399 g/mol. The van der Waals surface area contributed by atoms with E-state index in [1.54, 1.807) is 6.92 Å². The number of pyridine rings is 1. The third kappa shape index (κ3) is 3.01. The first-order valence-electron chi connectivity index (χ1n) is 8.35. The molecule has 0 aliphatic carbocycles. The predicted molar refractivity (Wildman–Crippen MR) is 94.6 cm³/mol. The highest BCUT2D eigenvalue weighted by molar-refractivity contribution is 7.90. The fraction of sp³-hybridized carbons (Fsp3) is 0.438. The maximum Gasteiger partial charge on any atom is 0.417 e. The van der Waals surface area contributed by atoms with Crippen LogP contribution >= 0.6 is 0 Å². The minimum Gasteiger partial charge on any atom is -0.274 e. The largest absolute Gasteiger partial charge is 0.417 e. The molecule has 0 fully saturated rings. The molecule has 0 atom stereocenters. The lowest BCUT2D eigenvalue weighted by molar-refractivity contribution is -0.136. The van der Waals surface area contributed by atoms with Crippen LogP contribution in [0, 0.1) is 13.8 Å². The maximum absolute atomic E-state index is 13.5. The van der Waals surface area contributed by atoms with Gasteiger partial charge in [-0.2, -0.15) is 27.3 Å². The van der Waals surface area contributed by atoms with Crippen LogP contribution in [0.5, 0.6) is 0 Å². The lowest BCUT2D eigenvalue weighted by Gasteiger charge is -2.12. The van der Waals surface area contributed by atoms with Crippen LogP contribution in [-0.2, 0) is 29.8 Å². The maximum atomic E-state index is 13.5. The van der Waals surface area contributed by atoms with E-state index in [2.05, 4.69) is 10.2 Å². The molecule has 3 aromatic heterocycles. The summed E-state index contributed by atoms with van der Waals surface area (Å²) in [5, 5.41) is 7.57. The predicted octanol–water partition coefficient (Wildman–Crippen LogP) is 2.21. The van der Waals surface area contributed by atoms with Crippen molar-refractivity contribution in [2.24, 2.45) is 7.05 Å². The van der Waals surface area contributed by atoms with Crippen molar-refractivity contribution in [2.75, 3.05) is 0 Å². The molecule has 0 spiro atoms. The fourth-order valence-corrected chi connectivity index (χ4v) is 4.70. The van der Waals surface area contributed by atoms with E-state index in [1.165, 1.54) is 36.5 Å². The fourth-order valence-electron chi connectivity index (χ4n) is 3.16. The minimum atomic E-state index is -4.84. The number of halogens is 3. The molecule has 8 nitrogen and oxygen atoms in total. The summed E-state index contributed by atoms with van der Waals surface area (Å²) in [6, 6.07) is 0.302. The van der Waals surface area contributed by atoms with Gasteiger partial charge in [0.05, 0.1) is 16.6 Å². The van der Waals surface area contributed by atoms with Crippen LogP contribution in [0.1, 0.15) is 30.3 Å². The van der Waals surface area contributed by atoms with Gasteiger partial charge in [-0.15, -0.1) is 0 Å². The Balaban J connectivity index is 2.48. The average molecular weight is 417 g/mol. The first-order chi connectivity index (χ1) is 12.9. The molecule has 0 radical (unpaired) electrons. The van der Waals surface area contributed by atoms with Crippen molar-refractivity contribution in [1.29, 1.82) is 0 Å². The van der Waals surface area contributed by atoms with Gasteiger partial charge >= 0.3 is 6.18 Å². The molecule has 0 aliphatic rings. The monoisotopic (exact) mass is 417 g/mol. The zero-order valence-corrected chi connectivity index (χ0v) is 16.4. The van der Waals surface area contributed by atoms with Gasteiger partial charge in [-0.3, -0.25) is 14.2 Å². The Morgan fingerprint density at radius 3 is 2.32 bits per heavy atom. The average Bonchev–Trinajstić information content (AvgIpc) is 3.06. The van der Waals surface area contributed by atoms with Crippen LogP contribution < -0.4 is 5.56 Å². The van der Waals surface area contributed by atoms with Gasteiger partial charge in [0.15, 0.2) is 5.65 Å². The van der Waals surface area contributed by atoms with E-state index < -0.39 is 38.4 Å². The second kappa shape index (κ2) is 6.47. The first kappa shape index (κ1) is 20.1. The lowest BCUT2D eigenvalue weighted by atomic mass is 10.1. The molecule has 0 bridgehead atoms. The second-order valence-electron chi connectivity index (χ2n) is 6.42. The zero-order chi connectivity index (χ0) is 21.0. The molecule has 28 heavy (non-hydrogen) atoms. The number of nitrogens with zero attached hydrogens (tertiary/aromatic N) is 5. The lowest BCUT2D eigenvalue weighted by Crippen LogP contribution is -2.29. The van der Waals surface area contributed by atoms with Crippen molar-refractivity contribution in [2.45, 2.75) is 44.8 Å².